The quantitative estimate of drug-likeness (QED) is 0.731. The molecule has 5 heteroatoms. The van der Waals surface area contributed by atoms with E-state index in [0.717, 1.165) is 11.8 Å². The van der Waals surface area contributed by atoms with Gasteiger partial charge in [-0.3, -0.25) is 4.79 Å². The number of hydrogen-bond donors (Lipinski definition) is 3. The summed E-state index contributed by atoms with van der Waals surface area (Å²) in [6.45, 7) is 0. The van der Waals surface area contributed by atoms with Crippen LogP contribution in [0.15, 0.2) is 12.3 Å². The van der Waals surface area contributed by atoms with Crippen molar-refractivity contribution in [3.63, 3.8) is 0 Å². The summed E-state index contributed by atoms with van der Waals surface area (Å²) in [5.41, 5.74) is 11.9. The number of rotatable bonds is 5. The topological polar surface area (TPSA) is 94.0 Å². The molecule has 2 aliphatic carbocycles. The molecule has 96 valence electrons. The van der Waals surface area contributed by atoms with Crippen LogP contribution >= 0.6 is 0 Å². The third-order valence-corrected chi connectivity index (χ3v) is 3.74. The van der Waals surface area contributed by atoms with Crippen LogP contribution in [-0.2, 0) is 0 Å². The maximum Gasteiger partial charge on any atom is 0.252 e. The molecule has 5 nitrogen and oxygen atoms in total. The van der Waals surface area contributed by atoms with Gasteiger partial charge in [-0.05, 0) is 43.6 Å². The van der Waals surface area contributed by atoms with Crippen LogP contribution in [0.5, 0.6) is 0 Å². The van der Waals surface area contributed by atoms with Crippen LogP contribution < -0.4 is 16.8 Å². The number of aromatic nitrogens is 1. The van der Waals surface area contributed by atoms with E-state index in [4.69, 9.17) is 11.5 Å². The van der Waals surface area contributed by atoms with E-state index >= 15 is 0 Å². The highest BCUT2D eigenvalue weighted by Gasteiger charge is 2.41. The van der Waals surface area contributed by atoms with Gasteiger partial charge in [0.1, 0.15) is 5.82 Å². The Balaban J connectivity index is 1.84. The average Bonchev–Trinajstić information content (AvgIpc) is 3.19. The highest BCUT2D eigenvalue weighted by molar-refractivity contribution is 5.98. The molecule has 3 rings (SSSR count). The molecule has 0 radical (unpaired) electrons. The SMILES string of the molecule is NC(=O)c1cc(N)cnc1NC(C1CC1)C1CC1. The van der Waals surface area contributed by atoms with Crippen LogP contribution in [0.2, 0.25) is 0 Å². The molecule has 1 heterocycles. The number of nitrogens with one attached hydrogen (secondary N) is 1. The van der Waals surface area contributed by atoms with E-state index in [-0.39, 0.29) is 0 Å². The summed E-state index contributed by atoms with van der Waals surface area (Å²) in [6.07, 6.45) is 6.65. The van der Waals surface area contributed by atoms with Gasteiger partial charge in [-0.1, -0.05) is 0 Å². The molecule has 0 aromatic carbocycles. The zero-order chi connectivity index (χ0) is 12.7. The summed E-state index contributed by atoms with van der Waals surface area (Å²) in [6, 6.07) is 2.04. The van der Waals surface area contributed by atoms with Crippen molar-refractivity contribution >= 4 is 17.4 Å². The van der Waals surface area contributed by atoms with Crippen LogP contribution in [0, 0.1) is 11.8 Å². The second-order valence-corrected chi connectivity index (χ2v) is 5.37. The van der Waals surface area contributed by atoms with Gasteiger partial charge in [0.2, 0.25) is 0 Å². The van der Waals surface area contributed by atoms with E-state index in [9.17, 15) is 4.79 Å². The zero-order valence-electron chi connectivity index (χ0n) is 10.2. The fourth-order valence-electron chi connectivity index (χ4n) is 2.47. The monoisotopic (exact) mass is 246 g/mol. The molecule has 0 saturated heterocycles. The number of nitrogens with two attached hydrogens (primary N) is 2. The molecule has 1 amide bonds. The van der Waals surface area contributed by atoms with Crippen molar-refractivity contribution in [2.75, 3.05) is 11.1 Å². The normalized spacial score (nSPS) is 18.9. The van der Waals surface area contributed by atoms with Crippen LogP contribution in [0.1, 0.15) is 36.0 Å². The van der Waals surface area contributed by atoms with E-state index in [0.29, 0.717) is 23.1 Å². The van der Waals surface area contributed by atoms with Crippen LogP contribution in [-0.4, -0.2) is 16.9 Å². The van der Waals surface area contributed by atoms with Gasteiger partial charge in [-0.25, -0.2) is 4.98 Å². The van der Waals surface area contributed by atoms with Crippen molar-refractivity contribution < 1.29 is 4.79 Å². The largest absolute Gasteiger partial charge is 0.397 e. The van der Waals surface area contributed by atoms with Crippen molar-refractivity contribution in [3.05, 3.63) is 17.8 Å². The Morgan fingerprint density at radius 2 is 1.94 bits per heavy atom. The molecule has 1 aromatic rings. The second kappa shape index (κ2) is 4.15. The zero-order valence-corrected chi connectivity index (χ0v) is 10.2. The number of anilines is 2. The summed E-state index contributed by atoms with van der Waals surface area (Å²) in [5, 5.41) is 3.41. The number of amides is 1. The van der Waals surface area contributed by atoms with Crippen LogP contribution in [0.4, 0.5) is 11.5 Å². The van der Waals surface area contributed by atoms with Crippen molar-refractivity contribution in [2.45, 2.75) is 31.7 Å². The predicted molar refractivity (Wildman–Crippen MR) is 70.0 cm³/mol. The van der Waals surface area contributed by atoms with Gasteiger partial charge >= 0.3 is 0 Å². The van der Waals surface area contributed by atoms with Crippen molar-refractivity contribution in [2.24, 2.45) is 17.6 Å². The molecule has 0 spiro atoms. The van der Waals surface area contributed by atoms with Gasteiger partial charge in [0.05, 0.1) is 17.4 Å². The molecule has 0 bridgehead atoms. The first kappa shape index (κ1) is 11.3. The summed E-state index contributed by atoms with van der Waals surface area (Å²) in [7, 11) is 0. The Morgan fingerprint density at radius 3 is 2.44 bits per heavy atom. The van der Waals surface area contributed by atoms with Gasteiger partial charge in [-0.2, -0.15) is 0 Å². The number of carbonyl (C=O) groups is 1. The smallest absolute Gasteiger partial charge is 0.252 e. The molecular weight excluding hydrogens is 228 g/mol. The van der Waals surface area contributed by atoms with Crippen molar-refractivity contribution in [3.8, 4) is 0 Å². The second-order valence-electron chi connectivity index (χ2n) is 5.37. The van der Waals surface area contributed by atoms with E-state index in [2.05, 4.69) is 10.3 Å². The average molecular weight is 246 g/mol. The standard InChI is InChI=1S/C13H18N4O/c14-9-5-10(12(15)18)13(16-6-9)17-11(7-1-2-7)8-3-4-8/h5-8,11H,1-4,14H2,(H2,15,18)(H,16,17). The number of nitrogen functional groups attached to an aromatic ring is 1. The lowest BCUT2D eigenvalue weighted by atomic mass is 10.1. The number of primary amides is 1. The third-order valence-electron chi connectivity index (χ3n) is 3.74. The van der Waals surface area contributed by atoms with Crippen molar-refractivity contribution in [1.29, 1.82) is 0 Å². The predicted octanol–water partition coefficient (Wildman–Crippen LogP) is 1.36. The lowest BCUT2D eigenvalue weighted by Gasteiger charge is -2.19. The number of nitrogens with zero attached hydrogens (tertiary/aromatic N) is 1. The van der Waals surface area contributed by atoms with E-state index in [1.54, 1.807) is 12.3 Å². The van der Waals surface area contributed by atoms with E-state index in [1.165, 1.54) is 25.7 Å². The fraction of sp³-hybridized carbons (Fsp3) is 0.538. The van der Waals surface area contributed by atoms with Crippen LogP contribution in [0.3, 0.4) is 0 Å². The molecule has 2 fully saturated rings. The minimum Gasteiger partial charge on any atom is -0.397 e. The summed E-state index contributed by atoms with van der Waals surface area (Å²) < 4.78 is 0. The first-order valence-electron chi connectivity index (χ1n) is 6.47. The molecule has 18 heavy (non-hydrogen) atoms. The first-order valence-corrected chi connectivity index (χ1v) is 6.47. The minimum absolute atomic E-state index is 0.390. The molecule has 5 N–H and O–H groups in total. The van der Waals surface area contributed by atoms with Gasteiger partial charge in [-0.15, -0.1) is 0 Å². The molecule has 0 atom stereocenters. The fourth-order valence-corrected chi connectivity index (χ4v) is 2.47. The Labute approximate surface area is 106 Å². The maximum atomic E-state index is 11.4. The van der Waals surface area contributed by atoms with E-state index < -0.39 is 5.91 Å². The number of carbonyl (C=O) groups excluding carboxylic acids is 1. The minimum atomic E-state index is -0.484. The highest BCUT2D eigenvalue weighted by Crippen LogP contribution is 2.45. The molecule has 0 aliphatic heterocycles. The Hall–Kier alpha value is -1.78. The lowest BCUT2D eigenvalue weighted by molar-refractivity contribution is 0.100. The third kappa shape index (κ3) is 2.25. The van der Waals surface area contributed by atoms with Gasteiger partial charge in [0, 0.05) is 6.04 Å². The summed E-state index contributed by atoms with van der Waals surface area (Å²) in [5.74, 6) is 1.57. The Morgan fingerprint density at radius 1 is 1.33 bits per heavy atom. The highest BCUT2D eigenvalue weighted by atomic mass is 16.1. The lowest BCUT2D eigenvalue weighted by Crippen LogP contribution is -2.27. The number of hydrogen-bond acceptors (Lipinski definition) is 4. The Kier molecular flexibility index (Phi) is 2.61. The Bertz CT molecular complexity index is 468. The molecule has 1 aromatic heterocycles. The van der Waals surface area contributed by atoms with Gasteiger partial charge in [0.25, 0.3) is 5.91 Å². The first-order chi connectivity index (χ1) is 8.65. The summed E-state index contributed by atoms with van der Waals surface area (Å²) in [4.78, 5) is 15.6. The van der Waals surface area contributed by atoms with Crippen molar-refractivity contribution in [1.82, 2.24) is 4.98 Å². The molecule has 0 unspecified atom stereocenters. The molecule has 2 saturated carbocycles. The molecular formula is C13H18N4O. The van der Waals surface area contributed by atoms with Gasteiger partial charge < -0.3 is 16.8 Å². The van der Waals surface area contributed by atoms with Crippen LogP contribution in [0.25, 0.3) is 0 Å². The van der Waals surface area contributed by atoms with E-state index in [1.807, 2.05) is 0 Å². The maximum absolute atomic E-state index is 11.4. The summed E-state index contributed by atoms with van der Waals surface area (Å²) >= 11 is 0. The number of pyridine rings is 1. The molecule has 2 aliphatic rings. The van der Waals surface area contributed by atoms with Gasteiger partial charge in [0.15, 0.2) is 0 Å².